The van der Waals surface area contributed by atoms with Crippen molar-refractivity contribution in [3.63, 3.8) is 0 Å². The molecule has 1 aromatic carbocycles. The van der Waals surface area contributed by atoms with E-state index in [1.165, 1.54) is 35.9 Å². The molecule has 1 aromatic rings. The maximum atomic E-state index is 12.9. The van der Waals surface area contributed by atoms with E-state index in [0.717, 1.165) is 37.0 Å². The predicted molar refractivity (Wildman–Crippen MR) is 133 cm³/mol. The highest BCUT2D eigenvalue weighted by atomic mass is 32.2. The van der Waals surface area contributed by atoms with Crippen molar-refractivity contribution in [3.8, 4) is 0 Å². The van der Waals surface area contributed by atoms with Crippen molar-refractivity contribution < 1.29 is 19.1 Å². The summed E-state index contributed by atoms with van der Waals surface area (Å²) in [4.78, 5) is 40.1. The lowest BCUT2D eigenvalue weighted by atomic mass is 9.53. The molecule has 182 valence electrons. The van der Waals surface area contributed by atoms with Gasteiger partial charge in [-0.15, -0.1) is 24.9 Å². The topological polar surface area (TPSA) is 75.7 Å². The Morgan fingerprint density at radius 3 is 2.21 bits per heavy atom. The first-order valence-electron chi connectivity index (χ1n) is 12.1. The largest absolute Gasteiger partial charge is 0.452 e. The van der Waals surface area contributed by atoms with Gasteiger partial charge in [0.1, 0.15) is 0 Å². The number of hydrogen-bond donors (Lipinski definition) is 1. The van der Waals surface area contributed by atoms with Gasteiger partial charge >= 0.3 is 5.97 Å². The van der Waals surface area contributed by atoms with E-state index in [1.807, 2.05) is 12.1 Å². The fourth-order valence-electron chi connectivity index (χ4n) is 6.39. The van der Waals surface area contributed by atoms with Gasteiger partial charge in [0.2, 0.25) is 5.91 Å². The van der Waals surface area contributed by atoms with Gasteiger partial charge in [-0.1, -0.05) is 24.3 Å². The lowest BCUT2D eigenvalue weighted by Gasteiger charge is -2.56. The molecule has 4 fully saturated rings. The van der Waals surface area contributed by atoms with E-state index in [1.54, 1.807) is 24.3 Å². The average Bonchev–Trinajstić information content (AvgIpc) is 2.80. The summed E-state index contributed by atoms with van der Waals surface area (Å²) in [6.45, 7) is 7.64. The zero-order valence-corrected chi connectivity index (χ0v) is 20.5. The minimum absolute atomic E-state index is 0.0199. The highest BCUT2D eigenvalue weighted by Crippen LogP contribution is 2.55. The number of carbonyl (C=O) groups excluding carboxylic acids is 3. The summed E-state index contributed by atoms with van der Waals surface area (Å²) in [5, 5.41) is 3.38. The highest BCUT2D eigenvalue weighted by molar-refractivity contribution is 8.00. The number of esters is 1. The van der Waals surface area contributed by atoms with Crippen molar-refractivity contribution >= 4 is 29.5 Å². The molecule has 5 rings (SSSR count). The molecule has 0 aromatic heterocycles. The summed E-state index contributed by atoms with van der Waals surface area (Å²) in [6.07, 6.45) is 10.6. The molecule has 0 saturated heterocycles. The van der Waals surface area contributed by atoms with Gasteiger partial charge in [0.15, 0.2) is 6.61 Å². The second kappa shape index (κ2) is 10.8. The third-order valence-corrected chi connectivity index (χ3v) is 8.36. The van der Waals surface area contributed by atoms with Crippen molar-refractivity contribution in [2.75, 3.05) is 25.4 Å². The zero-order valence-electron chi connectivity index (χ0n) is 19.7. The smallest absolute Gasteiger partial charge is 0.339 e. The number of benzene rings is 1. The lowest BCUT2D eigenvalue weighted by Crippen LogP contribution is -2.60. The van der Waals surface area contributed by atoms with Crippen LogP contribution in [0.4, 0.5) is 0 Å². The Kier molecular flexibility index (Phi) is 7.81. The highest BCUT2D eigenvalue weighted by Gasteiger charge is 2.51. The van der Waals surface area contributed by atoms with E-state index in [0.29, 0.717) is 23.5 Å². The molecule has 1 N–H and O–H groups in total. The van der Waals surface area contributed by atoms with Gasteiger partial charge in [-0.3, -0.25) is 9.59 Å². The number of carbonyl (C=O) groups is 3. The van der Waals surface area contributed by atoms with Crippen LogP contribution < -0.4 is 5.32 Å². The molecule has 4 bridgehead atoms. The summed E-state index contributed by atoms with van der Waals surface area (Å²) in [5.41, 5.74) is 0.343. The van der Waals surface area contributed by atoms with Crippen LogP contribution in [0, 0.1) is 17.8 Å². The fraction of sp³-hybridized carbons (Fsp3) is 0.519. The molecule has 6 nitrogen and oxygen atoms in total. The molecule has 0 spiro atoms. The Morgan fingerprint density at radius 1 is 1.03 bits per heavy atom. The SMILES string of the molecule is C=CCN(CC=C)C(=O)COC(=O)c1ccccc1SCC(=O)NC12CC3CC(CC(C3)C1)C2. The number of hydrogen-bond acceptors (Lipinski definition) is 5. The van der Waals surface area contributed by atoms with Crippen LogP contribution >= 0.6 is 11.8 Å². The van der Waals surface area contributed by atoms with Gasteiger partial charge in [-0.2, -0.15) is 0 Å². The maximum absolute atomic E-state index is 12.9. The number of rotatable bonds is 11. The minimum Gasteiger partial charge on any atom is -0.452 e. The van der Waals surface area contributed by atoms with E-state index in [4.69, 9.17) is 4.74 Å². The van der Waals surface area contributed by atoms with E-state index < -0.39 is 5.97 Å². The fourth-order valence-corrected chi connectivity index (χ4v) is 7.23. The molecule has 0 atom stereocenters. The minimum atomic E-state index is -0.574. The predicted octanol–water partition coefficient (Wildman–Crippen LogP) is 4.22. The van der Waals surface area contributed by atoms with Crippen LogP contribution in [0.1, 0.15) is 48.9 Å². The van der Waals surface area contributed by atoms with Crippen LogP contribution in [0.25, 0.3) is 0 Å². The molecule has 2 amide bonds. The quantitative estimate of drug-likeness (QED) is 0.290. The van der Waals surface area contributed by atoms with Crippen LogP contribution in [-0.2, 0) is 14.3 Å². The summed E-state index contributed by atoms with van der Waals surface area (Å²) in [7, 11) is 0. The lowest BCUT2D eigenvalue weighted by molar-refractivity contribution is -0.133. The molecule has 0 aliphatic heterocycles. The Morgan fingerprint density at radius 2 is 1.62 bits per heavy atom. The molecule has 4 aliphatic carbocycles. The Labute approximate surface area is 206 Å². The normalized spacial score (nSPS) is 26.5. The molecule has 0 unspecified atom stereocenters. The van der Waals surface area contributed by atoms with E-state index >= 15 is 0 Å². The van der Waals surface area contributed by atoms with E-state index in [-0.39, 0.29) is 29.7 Å². The maximum Gasteiger partial charge on any atom is 0.339 e. The zero-order chi connectivity index (χ0) is 24.1. The number of nitrogens with zero attached hydrogens (tertiary/aromatic N) is 1. The molecule has 7 heteroatoms. The second-order valence-electron chi connectivity index (χ2n) is 9.98. The molecular formula is C27H34N2O4S. The summed E-state index contributed by atoms with van der Waals surface area (Å²) >= 11 is 1.33. The molecule has 0 radical (unpaired) electrons. The van der Waals surface area contributed by atoms with Gasteiger partial charge in [-0.25, -0.2) is 4.79 Å². The summed E-state index contributed by atoms with van der Waals surface area (Å²) in [6, 6.07) is 7.05. The van der Waals surface area contributed by atoms with Gasteiger partial charge in [-0.05, 0) is 68.4 Å². The molecule has 34 heavy (non-hydrogen) atoms. The van der Waals surface area contributed by atoms with Gasteiger partial charge < -0.3 is 15.0 Å². The third-order valence-electron chi connectivity index (χ3n) is 7.29. The summed E-state index contributed by atoms with van der Waals surface area (Å²) < 4.78 is 5.29. The number of nitrogens with one attached hydrogen (secondary N) is 1. The Hall–Kier alpha value is -2.54. The van der Waals surface area contributed by atoms with Crippen LogP contribution in [0.2, 0.25) is 0 Å². The van der Waals surface area contributed by atoms with Crippen molar-refractivity contribution in [2.45, 2.75) is 49.0 Å². The van der Waals surface area contributed by atoms with E-state index in [2.05, 4.69) is 18.5 Å². The first-order chi connectivity index (χ1) is 16.4. The molecular weight excluding hydrogens is 448 g/mol. The Bertz CT molecular complexity index is 914. The molecule has 0 heterocycles. The molecule has 4 saturated carbocycles. The number of thioether (sulfide) groups is 1. The van der Waals surface area contributed by atoms with Crippen LogP contribution in [-0.4, -0.2) is 53.7 Å². The van der Waals surface area contributed by atoms with Gasteiger partial charge in [0.05, 0.1) is 11.3 Å². The monoisotopic (exact) mass is 482 g/mol. The second-order valence-corrected chi connectivity index (χ2v) is 11.0. The van der Waals surface area contributed by atoms with Crippen molar-refractivity contribution in [1.29, 1.82) is 0 Å². The van der Waals surface area contributed by atoms with Crippen LogP contribution in [0.15, 0.2) is 54.5 Å². The first-order valence-corrected chi connectivity index (χ1v) is 13.1. The van der Waals surface area contributed by atoms with Crippen molar-refractivity contribution in [2.24, 2.45) is 17.8 Å². The van der Waals surface area contributed by atoms with Crippen molar-refractivity contribution in [1.82, 2.24) is 10.2 Å². The van der Waals surface area contributed by atoms with Crippen LogP contribution in [0.3, 0.4) is 0 Å². The number of ether oxygens (including phenoxy) is 1. The average molecular weight is 483 g/mol. The third kappa shape index (κ3) is 5.74. The van der Waals surface area contributed by atoms with Crippen LogP contribution in [0.5, 0.6) is 0 Å². The van der Waals surface area contributed by atoms with E-state index in [9.17, 15) is 14.4 Å². The standard InChI is InChI=1S/C27H34N2O4S/c1-3-9-29(10-4-2)25(31)17-33-26(32)22-7-5-6-8-23(22)34-18-24(30)28-27-14-19-11-20(15-27)13-21(12-19)16-27/h3-8,19-21H,1-2,9-18H2,(H,28,30). The Balaban J connectivity index is 1.31. The summed E-state index contributed by atoms with van der Waals surface area (Å²) in [5.74, 6) is 1.69. The molecule has 4 aliphatic rings. The van der Waals surface area contributed by atoms with Gasteiger partial charge in [0.25, 0.3) is 5.91 Å². The number of amides is 2. The van der Waals surface area contributed by atoms with Gasteiger partial charge in [0, 0.05) is 23.5 Å². The first kappa shape index (κ1) is 24.6. The van der Waals surface area contributed by atoms with Crippen molar-refractivity contribution in [3.05, 3.63) is 55.1 Å².